The number of fused-ring (bicyclic) bond motifs is 1. The van der Waals surface area contributed by atoms with Gasteiger partial charge in [-0.3, -0.25) is 4.79 Å². The van der Waals surface area contributed by atoms with Gasteiger partial charge in [0.05, 0.1) is 18.4 Å². The van der Waals surface area contributed by atoms with Crippen LogP contribution in [0.2, 0.25) is 0 Å². The van der Waals surface area contributed by atoms with Gasteiger partial charge in [-0.05, 0) is 41.5 Å². The van der Waals surface area contributed by atoms with Crippen molar-refractivity contribution in [2.24, 2.45) is 5.16 Å². The fourth-order valence-corrected chi connectivity index (χ4v) is 4.33. The van der Waals surface area contributed by atoms with Crippen LogP contribution >= 0.6 is 15.9 Å². The molecule has 31 heavy (non-hydrogen) atoms. The van der Waals surface area contributed by atoms with E-state index in [-0.39, 0.29) is 11.7 Å². The van der Waals surface area contributed by atoms with Crippen molar-refractivity contribution < 1.29 is 9.57 Å². The largest absolute Gasteiger partial charge is 0.497 e. The molecule has 5 rings (SSSR count). The molecular weight excluding hydrogens is 456 g/mol. The van der Waals surface area contributed by atoms with Gasteiger partial charge < -0.3 is 14.6 Å². The van der Waals surface area contributed by atoms with E-state index < -0.39 is 0 Å². The first-order chi connectivity index (χ1) is 15.1. The van der Waals surface area contributed by atoms with Gasteiger partial charge in [0.2, 0.25) is 0 Å². The quantitative estimate of drug-likeness (QED) is 0.404. The number of nitrogens with zero attached hydrogens (tertiary/aromatic N) is 1. The number of benzene rings is 3. The molecule has 0 bridgehead atoms. The zero-order valence-electron chi connectivity index (χ0n) is 16.8. The summed E-state index contributed by atoms with van der Waals surface area (Å²) in [5.41, 5.74) is 4.60. The molecule has 5 nitrogen and oxygen atoms in total. The number of ether oxygens (including phenoxy) is 1. The average molecular weight is 475 g/mol. The Morgan fingerprint density at radius 2 is 1.81 bits per heavy atom. The van der Waals surface area contributed by atoms with Gasteiger partial charge in [-0.1, -0.05) is 63.6 Å². The molecule has 0 saturated carbocycles. The van der Waals surface area contributed by atoms with Crippen molar-refractivity contribution in [1.82, 2.24) is 4.98 Å². The van der Waals surface area contributed by atoms with E-state index in [4.69, 9.17) is 9.57 Å². The van der Waals surface area contributed by atoms with Crippen molar-refractivity contribution >= 4 is 32.5 Å². The molecule has 3 aromatic carbocycles. The van der Waals surface area contributed by atoms with Gasteiger partial charge in [0, 0.05) is 27.4 Å². The van der Waals surface area contributed by atoms with Crippen LogP contribution in [-0.4, -0.2) is 17.8 Å². The third-order valence-electron chi connectivity index (χ3n) is 5.48. The first-order valence-electron chi connectivity index (χ1n) is 9.92. The first kappa shape index (κ1) is 19.6. The van der Waals surface area contributed by atoms with Crippen LogP contribution in [0.5, 0.6) is 5.75 Å². The number of aromatic amines is 1. The molecular formula is C25H19BrN2O3. The summed E-state index contributed by atoms with van der Waals surface area (Å²) >= 11 is 3.56. The molecule has 2 heterocycles. The van der Waals surface area contributed by atoms with Gasteiger partial charge >= 0.3 is 0 Å². The van der Waals surface area contributed by atoms with Gasteiger partial charge in [0.1, 0.15) is 5.75 Å². The highest BCUT2D eigenvalue weighted by atomic mass is 79.9. The molecule has 0 radical (unpaired) electrons. The van der Waals surface area contributed by atoms with E-state index in [0.717, 1.165) is 37.8 Å². The molecule has 0 saturated heterocycles. The molecule has 0 spiro atoms. The lowest BCUT2D eigenvalue weighted by Gasteiger charge is -2.13. The Hall–Kier alpha value is -3.38. The number of aromatic nitrogens is 1. The number of hydrogen-bond donors (Lipinski definition) is 1. The summed E-state index contributed by atoms with van der Waals surface area (Å²) in [5, 5.41) is 5.29. The summed E-state index contributed by atoms with van der Waals surface area (Å²) in [7, 11) is 1.64. The zero-order chi connectivity index (χ0) is 21.4. The summed E-state index contributed by atoms with van der Waals surface area (Å²) in [6.45, 7) is 0. The van der Waals surface area contributed by atoms with Crippen molar-refractivity contribution in [2.45, 2.75) is 12.5 Å². The number of oxime groups is 1. The van der Waals surface area contributed by atoms with E-state index in [2.05, 4.69) is 26.1 Å². The third kappa shape index (κ3) is 3.64. The summed E-state index contributed by atoms with van der Waals surface area (Å²) in [5.74, 6) is 0.783. The van der Waals surface area contributed by atoms with Gasteiger partial charge in [-0.25, -0.2) is 0 Å². The van der Waals surface area contributed by atoms with Crippen LogP contribution in [0.25, 0.3) is 22.0 Å². The maximum absolute atomic E-state index is 13.2. The Balaban J connectivity index is 1.63. The lowest BCUT2D eigenvalue weighted by Crippen LogP contribution is -2.20. The minimum Gasteiger partial charge on any atom is -0.497 e. The lowest BCUT2D eigenvalue weighted by molar-refractivity contribution is 0.0857. The molecule has 154 valence electrons. The molecule has 0 fully saturated rings. The summed E-state index contributed by atoms with van der Waals surface area (Å²) in [4.78, 5) is 22.0. The van der Waals surface area contributed by atoms with Crippen LogP contribution in [0.4, 0.5) is 0 Å². The van der Waals surface area contributed by atoms with Crippen LogP contribution in [0, 0.1) is 0 Å². The van der Waals surface area contributed by atoms with Gasteiger partial charge in [-0.2, -0.15) is 0 Å². The molecule has 1 aromatic heterocycles. The predicted molar refractivity (Wildman–Crippen MR) is 126 cm³/mol. The highest BCUT2D eigenvalue weighted by Gasteiger charge is 2.28. The fourth-order valence-electron chi connectivity index (χ4n) is 3.97. The van der Waals surface area contributed by atoms with E-state index in [1.54, 1.807) is 7.11 Å². The standard InChI is InChI=1S/C25H19BrN2O3/c1-30-18-10-7-15(8-11-18)22-14-21(28-31-22)24-23(16-5-3-2-4-6-16)19-13-17(26)9-12-20(19)27-25(24)29/h2-13,22H,14H2,1H3,(H,27,29). The molecule has 1 unspecified atom stereocenters. The first-order valence-corrected chi connectivity index (χ1v) is 10.7. The molecule has 1 N–H and O–H groups in total. The number of nitrogens with one attached hydrogen (secondary N) is 1. The fraction of sp³-hybridized carbons (Fsp3) is 0.120. The van der Waals surface area contributed by atoms with Crippen LogP contribution in [0.1, 0.15) is 23.7 Å². The second kappa shape index (κ2) is 8.04. The smallest absolute Gasteiger partial charge is 0.258 e. The SMILES string of the molecule is COc1ccc(C2CC(c3c(-c4ccccc4)c4cc(Br)ccc4[nH]c3=O)=NO2)cc1. The normalized spacial score (nSPS) is 15.5. The Bertz CT molecular complexity index is 1350. The number of methoxy groups -OCH3 is 1. The molecule has 0 amide bonds. The minimum absolute atomic E-state index is 0.175. The molecule has 0 aliphatic carbocycles. The number of halogens is 1. The second-order valence-electron chi connectivity index (χ2n) is 7.37. The van der Waals surface area contributed by atoms with Gasteiger partial charge in [0.15, 0.2) is 6.10 Å². The van der Waals surface area contributed by atoms with Crippen LogP contribution < -0.4 is 10.3 Å². The third-order valence-corrected chi connectivity index (χ3v) is 5.98. The Kier molecular flexibility index (Phi) is 5.08. The van der Waals surface area contributed by atoms with Crippen LogP contribution in [-0.2, 0) is 4.84 Å². The maximum Gasteiger partial charge on any atom is 0.258 e. The van der Waals surface area contributed by atoms with E-state index >= 15 is 0 Å². The van der Waals surface area contributed by atoms with Crippen LogP contribution in [0.15, 0.2) is 87.2 Å². The zero-order valence-corrected chi connectivity index (χ0v) is 18.3. The maximum atomic E-state index is 13.2. The molecule has 1 aliphatic heterocycles. The summed E-state index contributed by atoms with van der Waals surface area (Å²) in [6.07, 6.45) is 0.261. The molecule has 4 aromatic rings. The topological polar surface area (TPSA) is 63.7 Å². The van der Waals surface area contributed by atoms with Gasteiger partial charge in [-0.15, -0.1) is 0 Å². The van der Waals surface area contributed by atoms with Crippen molar-refractivity contribution in [3.8, 4) is 16.9 Å². The minimum atomic E-state index is -0.248. The lowest BCUT2D eigenvalue weighted by atomic mass is 9.91. The van der Waals surface area contributed by atoms with Crippen molar-refractivity contribution in [3.05, 3.63) is 98.7 Å². The summed E-state index contributed by atoms with van der Waals surface area (Å²) in [6, 6.07) is 23.5. The Labute approximate surface area is 187 Å². The number of pyridine rings is 1. The Morgan fingerprint density at radius 3 is 2.55 bits per heavy atom. The number of hydrogen-bond acceptors (Lipinski definition) is 4. The summed E-state index contributed by atoms with van der Waals surface area (Å²) < 4.78 is 6.18. The highest BCUT2D eigenvalue weighted by molar-refractivity contribution is 9.10. The molecule has 6 heteroatoms. The number of rotatable bonds is 4. The van der Waals surface area contributed by atoms with E-state index in [9.17, 15) is 4.79 Å². The predicted octanol–water partition coefficient (Wildman–Crippen LogP) is 5.83. The number of H-pyrrole nitrogens is 1. The molecule has 1 aliphatic rings. The Morgan fingerprint density at radius 1 is 1.03 bits per heavy atom. The van der Waals surface area contributed by atoms with Crippen molar-refractivity contribution in [3.63, 3.8) is 0 Å². The average Bonchev–Trinajstić information content (AvgIpc) is 3.29. The highest BCUT2D eigenvalue weighted by Crippen LogP contribution is 2.36. The van der Waals surface area contributed by atoms with Crippen LogP contribution in [0.3, 0.4) is 0 Å². The van der Waals surface area contributed by atoms with Crippen molar-refractivity contribution in [2.75, 3.05) is 7.11 Å². The second-order valence-corrected chi connectivity index (χ2v) is 8.29. The van der Waals surface area contributed by atoms with Crippen molar-refractivity contribution in [1.29, 1.82) is 0 Å². The van der Waals surface area contributed by atoms with E-state index in [1.165, 1.54) is 0 Å². The monoisotopic (exact) mass is 474 g/mol. The van der Waals surface area contributed by atoms with Gasteiger partial charge in [0.25, 0.3) is 5.56 Å². The molecule has 1 atom stereocenters. The van der Waals surface area contributed by atoms with E-state index in [1.807, 2.05) is 72.8 Å². The van der Waals surface area contributed by atoms with E-state index in [0.29, 0.717) is 17.7 Å².